The van der Waals surface area contributed by atoms with E-state index in [2.05, 4.69) is 4.72 Å². The number of benzene rings is 1. The highest BCUT2D eigenvalue weighted by atomic mass is 32.2. The van der Waals surface area contributed by atoms with Crippen LogP contribution in [0.3, 0.4) is 0 Å². The summed E-state index contributed by atoms with van der Waals surface area (Å²) in [7, 11) is -3.28. The lowest BCUT2D eigenvalue weighted by Crippen LogP contribution is -2.37. The highest BCUT2D eigenvalue weighted by molar-refractivity contribution is 7.89. The molecule has 0 aromatic heterocycles. The number of nitrogen functional groups attached to an aromatic ring is 1. The lowest BCUT2D eigenvalue weighted by Gasteiger charge is -2.14. The molecule has 1 unspecified atom stereocenters. The van der Waals surface area contributed by atoms with Crippen molar-refractivity contribution in [1.82, 2.24) is 4.72 Å². The molecule has 1 aromatic rings. The molecule has 0 bridgehead atoms. The SMILES string of the molecule is CC(NS(=O)(=O)CCOc1ccccc1N)C1CC1. The average molecular weight is 284 g/mol. The molecule has 1 atom stereocenters. The second-order valence-electron chi connectivity index (χ2n) is 4.95. The standard InChI is InChI=1S/C13H20N2O3S/c1-10(11-6-7-11)15-19(16,17)9-8-18-13-5-3-2-4-12(13)14/h2-5,10-11,15H,6-9,14H2,1H3. The van der Waals surface area contributed by atoms with Gasteiger partial charge in [0.15, 0.2) is 0 Å². The molecule has 19 heavy (non-hydrogen) atoms. The maximum Gasteiger partial charge on any atom is 0.215 e. The molecule has 1 aliphatic carbocycles. The Morgan fingerprint density at radius 1 is 1.42 bits per heavy atom. The smallest absolute Gasteiger partial charge is 0.215 e. The van der Waals surface area contributed by atoms with E-state index in [9.17, 15) is 8.42 Å². The first-order chi connectivity index (χ1) is 8.98. The molecule has 0 saturated heterocycles. The van der Waals surface area contributed by atoms with E-state index in [1.54, 1.807) is 24.3 Å². The van der Waals surface area contributed by atoms with Crippen molar-refractivity contribution in [3.63, 3.8) is 0 Å². The van der Waals surface area contributed by atoms with Gasteiger partial charge in [-0.05, 0) is 37.8 Å². The molecule has 1 saturated carbocycles. The number of sulfonamides is 1. The first-order valence-corrected chi connectivity index (χ1v) is 8.10. The lowest BCUT2D eigenvalue weighted by molar-refractivity contribution is 0.341. The molecule has 1 fully saturated rings. The van der Waals surface area contributed by atoms with Crippen LogP contribution >= 0.6 is 0 Å². The maximum atomic E-state index is 11.8. The summed E-state index contributed by atoms with van der Waals surface area (Å²) in [5, 5.41) is 0. The van der Waals surface area contributed by atoms with Crippen LogP contribution in [0.4, 0.5) is 5.69 Å². The van der Waals surface area contributed by atoms with Gasteiger partial charge in [0.25, 0.3) is 0 Å². The monoisotopic (exact) mass is 284 g/mol. The van der Waals surface area contributed by atoms with Gasteiger partial charge in [0.1, 0.15) is 12.4 Å². The van der Waals surface area contributed by atoms with Gasteiger partial charge in [-0.25, -0.2) is 13.1 Å². The Balaban J connectivity index is 1.79. The van der Waals surface area contributed by atoms with Crippen LogP contribution < -0.4 is 15.2 Å². The van der Waals surface area contributed by atoms with E-state index in [1.807, 2.05) is 6.92 Å². The molecule has 106 valence electrons. The molecule has 6 heteroatoms. The van der Waals surface area contributed by atoms with Gasteiger partial charge in [-0.3, -0.25) is 0 Å². The van der Waals surface area contributed by atoms with Crippen LogP contribution in [0, 0.1) is 5.92 Å². The molecular formula is C13H20N2O3S. The number of para-hydroxylation sites is 2. The topological polar surface area (TPSA) is 81.4 Å². The van der Waals surface area contributed by atoms with Gasteiger partial charge in [0.05, 0.1) is 11.4 Å². The molecule has 0 amide bonds. The van der Waals surface area contributed by atoms with Gasteiger partial charge in [-0.1, -0.05) is 12.1 Å². The highest BCUT2D eigenvalue weighted by Gasteiger charge is 2.30. The number of anilines is 1. The van der Waals surface area contributed by atoms with Crippen LogP contribution in [0.25, 0.3) is 0 Å². The molecule has 1 aliphatic rings. The van der Waals surface area contributed by atoms with Gasteiger partial charge < -0.3 is 10.5 Å². The number of nitrogens with two attached hydrogens (primary N) is 1. The van der Waals surface area contributed by atoms with E-state index < -0.39 is 10.0 Å². The third-order valence-electron chi connectivity index (χ3n) is 3.22. The number of rotatable bonds is 7. The molecule has 0 heterocycles. The zero-order valence-corrected chi connectivity index (χ0v) is 11.8. The van der Waals surface area contributed by atoms with Gasteiger partial charge in [-0.2, -0.15) is 0 Å². The molecule has 2 rings (SSSR count). The van der Waals surface area contributed by atoms with Gasteiger partial charge in [0, 0.05) is 6.04 Å². The van der Waals surface area contributed by atoms with Crippen molar-refractivity contribution in [1.29, 1.82) is 0 Å². The van der Waals surface area contributed by atoms with E-state index in [1.165, 1.54) is 0 Å². The fraction of sp³-hybridized carbons (Fsp3) is 0.538. The summed E-state index contributed by atoms with van der Waals surface area (Å²) in [6, 6.07) is 7.07. The first-order valence-electron chi connectivity index (χ1n) is 6.45. The molecular weight excluding hydrogens is 264 g/mol. The largest absolute Gasteiger partial charge is 0.490 e. The van der Waals surface area contributed by atoms with E-state index in [-0.39, 0.29) is 18.4 Å². The Bertz CT molecular complexity index is 526. The Hall–Kier alpha value is -1.27. The molecule has 5 nitrogen and oxygen atoms in total. The summed E-state index contributed by atoms with van der Waals surface area (Å²) in [5.41, 5.74) is 6.22. The zero-order valence-electron chi connectivity index (χ0n) is 11.0. The minimum atomic E-state index is -3.28. The predicted octanol–water partition coefficient (Wildman–Crippen LogP) is 1.37. The lowest BCUT2D eigenvalue weighted by atomic mass is 10.2. The number of nitrogens with one attached hydrogen (secondary N) is 1. The summed E-state index contributed by atoms with van der Waals surface area (Å²) >= 11 is 0. The second kappa shape index (κ2) is 5.79. The van der Waals surface area contributed by atoms with Crippen molar-refractivity contribution in [2.75, 3.05) is 18.1 Å². The first kappa shape index (κ1) is 14.1. The van der Waals surface area contributed by atoms with Crippen LogP contribution in [0.15, 0.2) is 24.3 Å². The van der Waals surface area contributed by atoms with Gasteiger partial charge in [-0.15, -0.1) is 0 Å². The summed E-state index contributed by atoms with van der Waals surface area (Å²) in [6.07, 6.45) is 2.22. The van der Waals surface area contributed by atoms with Crippen molar-refractivity contribution >= 4 is 15.7 Å². The normalized spacial score (nSPS) is 17.1. The predicted molar refractivity (Wildman–Crippen MR) is 75.5 cm³/mol. The average Bonchev–Trinajstić information content (AvgIpc) is 3.14. The van der Waals surface area contributed by atoms with E-state index in [0.717, 1.165) is 12.8 Å². The van der Waals surface area contributed by atoms with Crippen LogP contribution in [0.1, 0.15) is 19.8 Å². The minimum absolute atomic E-state index is 0.0202. The molecule has 3 N–H and O–H groups in total. The van der Waals surface area contributed by atoms with Crippen LogP contribution in [0.5, 0.6) is 5.75 Å². The van der Waals surface area contributed by atoms with Crippen molar-refractivity contribution in [3.8, 4) is 5.75 Å². The summed E-state index contributed by atoms with van der Waals surface area (Å²) in [6.45, 7) is 2.01. The third kappa shape index (κ3) is 4.40. The highest BCUT2D eigenvalue weighted by Crippen LogP contribution is 2.32. The maximum absolute atomic E-state index is 11.8. The molecule has 1 aromatic carbocycles. The zero-order chi connectivity index (χ0) is 13.9. The third-order valence-corrected chi connectivity index (χ3v) is 4.66. The van der Waals surface area contributed by atoms with Crippen molar-refractivity contribution < 1.29 is 13.2 Å². The van der Waals surface area contributed by atoms with E-state index in [0.29, 0.717) is 17.4 Å². The Morgan fingerprint density at radius 2 is 2.11 bits per heavy atom. The second-order valence-corrected chi connectivity index (χ2v) is 6.82. The Kier molecular flexibility index (Phi) is 4.31. The van der Waals surface area contributed by atoms with Gasteiger partial charge in [0.2, 0.25) is 10.0 Å². The quantitative estimate of drug-likeness (QED) is 0.741. The summed E-state index contributed by atoms with van der Waals surface area (Å²) < 4.78 is 31.7. The van der Waals surface area contributed by atoms with E-state index >= 15 is 0 Å². The van der Waals surface area contributed by atoms with Crippen molar-refractivity contribution in [2.24, 2.45) is 5.92 Å². The van der Waals surface area contributed by atoms with E-state index in [4.69, 9.17) is 10.5 Å². The van der Waals surface area contributed by atoms with Crippen molar-refractivity contribution in [3.05, 3.63) is 24.3 Å². The van der Waals surface area contributed by atoms with Crippen LogP contribution in [-0.2, 0) is 10.0 Å². The molecule has 0 radical (unpaired) electrons. The number of ether oxygens (including phenoxy) is 1. The minimum Gasteiger partial charge on any atom is -0.490 e. The fourth-order valence-electron chi connectivity index (χ4n) is 1.91. The number of hydrogen-bond donors (Lipinski definition) is 2. The van der Waals surface area contributed by atoms with Crippen LogP contribution in [0.2, 0.25) is 0 Å². The van der Waals surface area contributed by atoms with Crippen LogP contribution in [-0.4, -0.2) is 26.8 Å². The number of hydrogen-bond acceptors (Lipinski definition) is 4. The molecule has 0 spiro atoms. The Morgan fingerprint density at radius 3 is 2.74 bits per heavy atom. The summed E-state index contributed by atoms with van der Waals surface area (Å²) in [5.74, 6) is 0.965. The summed E-state index contributed by atoms with van der Waals surface area (Å²) in [4.78, 5) is 0. The fourth-order valence-corrected chi connectivity index (χ4v) is 3.09. The van der Waals surface area contributed by atoms with Crippen molar-refractivity contribution in [2.45, 2.75) is 25.8 Å². The Labute approximate surface area is 114 Å². The van der Waals surface area contributed by atoms with Gasteiger partial charge >= 0.3 is 0 Å². The molecule has 0 aliphatic heterocycles.